The van der Waals surface area contributed by atoms with Crippen molar-refractivity contribution < 1.29 is 9.13 Å². The molecule has 0 unspecified atom stereocenters. The van der Waals surface area contributed by atoms with Gasteiger partial charge in [-0.2, -0.15) is 9.78 Å². The number of halogens is 2. The fourth-order valence-corrected chi connectivity index (χ4v) is 3.06. The van der Waals surface area contributed by atoms with Crippen LogP contribution in [0.2, 0.25) is 0 Å². The van der Waals surface area contributed by atoms with Gasteiger partial charge in [-0.25, -0.2) is 14.2 Å². The van der Waals surface area contributed by atoms with Gasteiger partial charge in [0.15, 0.2) is 15.5 Å². The van der Waals surface area contributed by atoms with Crippen molar-refractivity contribution in [1.82, 2.24) is 19.7 Å². The van der Waals surface area contributed by atoms with Crippen LogP contribution in [0, 0.1) is 12.7 Å². The van der Waals surface area contributed by atoms with E-state index in [1.807, 2.05) is 0 Å². The maximum atomic E-state index is 14.1. The van der Waals surface area contributed by atoms with Crippen LogP contribution >= 0.6 is 27.3 Å². The summed E-state index contributed by atoms with van der Waals surface area (Å²) in [5, 5.41) is 4.29. The highest BCUT2D eigenvalue weighted by Crippen LogP contribution is 2.35. The number of nitrogens with one attached hydrogen (secondary N) is 1. The number of hydrogen-bond donors (Lipinski definition) is 1. The van der Waals surface area contributed by atoms with Gasteiger partial charge in [0.05, 0.1) is 11.4 Å². The molecule has 0 amide bonds. The van der Waals surface area contributed by atoms with E-state index in [9.17, 15) is 9.18 Å². The maximum Gasteiger partial charge on any atom is 0.347 e. The van der Waals surface area contributed by atoms with Crippen LogP contribution in [0.5, 0.6) is 10.8 Å². The fourth-order valence-electron chi connectivity index (χ4n) is 1.69. The summed E-state index contributed by atoms with van der Waals surface area (Å²) in [6, 6.07) is 4.17. The standard InChI is InChI=1S/C12H8BrFN4O2S/c1-6-10(21-11(13)17-6)20-9-3-2-7(4-8(9)14)18-12(19)15-5-16-18/h2-5H,1H3,(H,15,16,19). The average Bonchev–Trinajstić information content (AvgIpc) is 2.98. The number of aromatic nitrogens is 4. The first-order valence-corrected chi connectivity index (χ1v) is 7.39. The van der Waals surface area contributed by atoms with E-state index in [-0.39, 0.29) is 5.75 Å². The summed E-state index contributed by atoms with van der Waals surface area (Å²) in [4.78, 5) is 18.0. The zero-order valence-corrected chi connectivity index (χ0v) is 13.0. The Morgan fingerprint density at radius 3 is 2.86 bits per heavy atom. The largest absolute Gasteiger partial charge is 0.442 e. The van der Waals surface area contributed by atoms with Crippen molar-refractivity contribution in [2.75, 3.05) is 0 Å². The van der Waals surface area contributed by atoms with Crippen molar-refractivity contribution in [3.63, 3.8) is 0 Å². The van der Waals surface area contributed by atoms with Crippen LogP contribution in [0.25, 0.3) is 5.69 Å². The minimum absolute atomic E-state index is 0.0570. The minimum atomic E-state index is -0.591. The molecule has 0 saturated carbocycles. The number of rotatable bonds is 3. The van der Waals surface area contributed by atoms with Crippen molar-refractivity contribution in [3.05, 3.63) is 50.4 Å². The molecule has 1 aromatic carbocycles. The second-order valence-corrected chi connectivity index (χ2v) is 6.30. The van der Waals surface area contributed by atoms with Crippen molar-refractivity contribution in [3.8, 4) is 16.5 Å². The Kier molecular flexibility index (Phi) is 3.60. The average molecular weight is 371 g/mol. The second kappa shape index (κ2) is 5.41. The Labute approximate surface area is 130 Å². The predicted molar refractivity (Wildman–Crippen MR) is 78.8 cm³/mol. The van der Waals surface area contributed by atoms with Gasteiger partial charge in [-0.05, 0) is 35.0 Å². The zero-order chi connectivity index (χ0) is 15.0. The molecule has 6 nitrogen and oxygen atoms in total. The van der Waals surface area contributed by atoms with Crippen LogP contribution in [0.4, 0.5) is 4.39 Å². The SMILES string of the molecule is Cc1nc(Br)sc1Oc1ccc(-n2nc[nH]c2=O)cc1F. The van der Waals surface area contributed by atoms with Crippen LogP contribution in [0.15, 0.2) is 33.2 Å². The van der Waals surface area contributed by atoms with Gasteiger partial charge in [0.25, 0.3) is 0 Å². The molecule has 0 aliphatic carbocycles. The molecule has 0 saturated heterocycles. The minimum Gasteiger partial charge on any atom is -0.442 e. The van der Waals surface area contributed by atoms with Gasteiger partial charge in [-0.1, -0.05) is 11.3 Å². The topological polar surface area (TPSA) is 72.8 Å². The zero-order valence-electron chi connectivity index (χ0n) is 10.6. The van der Waals surface area contributed by atoms with E-state index in [0.29, 0.717) is 20.4 Å². The van der Waals surface area contributed by atoms with Crippen LogP contribution in [0.1, 0.15) is 5.69 Å². The number of aromatic amines is 1. The normalized spacial score (nSPS) is 10.8. The Morgan fingerprint density at radius 1 is 1.48 bits per heavy atom. The first kappa shape index (κ1) is 14.0. The molecule has 0 atom stereocenters. The Hall–Kier alpha value is -2.00. The fraction of sp³-hybridized carbons (Fsp3) is 0.0833. The molecular formula is C12H8BrFN4O2S. The first-order chi connectivity index (χ1) is 10.0. The van der Waals surface area contributed by atoms with E-state index in [1.54, 1.807) is 13.0 Å². The summed E-state index contributed by atoms with van der Waals surface area (Å²) in [5.41, 5.74) is 0.539. The van der Waals surface area contributed by atoms with Crippen LogP contribution in [0.3, 0.4) is 0 Å². The lowest BCUT2D eigenvalue weighted by Gasteiger charge is -2.06. The summed E-state index contributed by atoms with van der Waals surface area (Å²) >= 11 is 4.51. The van der Waals surface area contributed by atoms with Gasteiger partial charge in [-0.15, -0.1) is 0 Å². The van der Waals surface area contributed by atoms with Crippen LogP contribution in [-0.4, -0.2) is 19.7 Å². The molecule has 0 aliphatic rings. The number of thiazole rings is 1. The molecule has 3 aromatic rings. The molecule has 108 valence electrons. The predicted octanol–water partition coefficient (Wildman–Crippen LogP) is 3.02. The van der Waals surface area contributed by atoms with Gasteiger partial charge in [-0.3, -0.25) is 4.98 Å². The van der Waals surface area contributed by atoms with Crippen molar-refractivity contribution in [2.45, 2.75) is 6.92 Å². The smallest absolute Gasteiger partial charge is 0.347 e. The summed E-state index contributed by atoms with van der Waals surface area (Å²) < 4.78 is 21.3. The number of hydrogen-bond acceptors (Lipinski definition) is 5. The van der Waals surface area contributed by atoms with Gasteiger partial charge < -0.3 is 4.74 Å². The lowest BCUT2D eigenvalue weighted by molar-refractivity contribution is 0.448. The number of nitrogens with zero attached hydrogens (tertiary/aromatic N) is 3. The third kappa shape index (κ3) is 2.74. The monoisotopic (exact) mass is 370 g/mol. The van der Waals surface area contributed by atoms with Crippen LogP contribution < -0.4 is 10.4 Å². The molecule has 2 aromatic heterocycles. The summed E-state index contributed by atoms with van der Waals surface area (Å²) in [6.07, 6.45) is 1.24. The summed E-state index contributed by atoms with van der Waals surface area (Å²) in [7, 11) is 0. The third-order valence-corrected chi connectivity index (χ3v) is 4.13. The molecule has 2 heterocycles. The maximum absolute atomic E-state index is 14.1. The van der Waals surface area contributed by atoms with Gasteiger partial charge in [0.1, 0.15) is 6.33 Å². The highest BCUT2D eigenvalue weighted by molar-refractivity contribution is 9.11. The molecule has 0 spiro atoms. The first-order valence-electron chi connectivity index (χ1n) is 5.78. The lowest BCUT2D eigenvalue weighted by atomic mass is 10.3. The molecule has 0 fully saturated rings. The lowest BCUT2D eigenvalue weighted by Crippen LogP contribution is -2.16. The summed E-state index contributed by atoms with van der Waals surface area (Å²) in [5.74, 6) is -0.534. The molecule has 3 rings (SSSR count). The molecular weight excluding hydrogens is 363 g/mol. The van der Waals surface area contributed by atoms with Gasteiger partial charge in [0, 0.05) is 6.07 Å². The highest BCUT2D eigenvalue weighted by atomic mass is 79.9. The summed E-state index contributed by atoms with van der Waals surface area (Å²) in [6.45, 7) is 1.77. The van der Waals surface area contributed by atoms with Crippen molar-refractivity contribution in [2.24, 2.45) is 0 Å². The molecule has 0 bridgehead atoms. The van der Waals surface area contributed by atoms with E-state index in [1.165, 1.54) is 29.8 Å². The quantitative estimate of drug-likeness (QED) is 0.768. The number of ether oxygens (including phenoxy) is 1. The van der Waals surface area contributed by atoms with E-state index in [2.05, 4.69) is 31.0 Å². The van der Waals surface area contributed by atoms with Crippen LogP contribution in [-0.2, 0) is 0 Å². The van der Waals surface area contributed by atoms with E-state index in [4.69, 9.17) is 4.74 Å². The Balaban J connectivity index is 1.93. The highest BCUT2D eigenvalue weighted by Gasteiger charge is 2.13. The number of H-pyrrole nitrogens is 1. The van der Waals surface area contributed by atoms with Crippen molar-refractivity contribution >= 4 is 27.3 Å². The Bertz CT molecular complexity index is 857. The number of aryl methyl sites for hydroxylation is 1. The number of benzene rings is 1. The third-order valence-electron chi connectivity index (χ3n) is 2.64. The molecule has 9 heteroatoms. The molecule has 1 N–H and O–H groups in total. The molecule has 0 aliphatic heterocycles. The molecule has 0 radical (unpaired) electrons. The van der Waals surface area contributed by atoms with E-state index < -0.39 is 11.5 Å². The van der Waals surface area contributed by atoms with Crippen molar-refractivity contribution in [1.29, 1.82) is 0 Å². The van der Waals surface area contributed by atoms with Gasteiger partial charge in [0.2, 0.25) is 5.06 Å². The molecule has 21 heavy (non-hydrogen) atoms. The van der Waals surface area contributed by atoms with E-state index in [0.717, 1.165) is 4.68 Å². The Morgan fingerprint density at radius 2 is 2.29 bits per heavy atom. The van der Waals surface area contributed by atoms with E-state index >= 15 is 0 Å². The second-order valence-electron chi connectivity index (χ2n) is 4.06. The van der Waals surface area contributed by atoms with Gasteiger partial charge >= 0.3 is 5.69 Å².